The molecule has 0 aliphatic carbocycles. The fraction of sp³-hybridized carbons (Fsp3) is 0.609. The smallest absolute Gasteiger partial charge is 0.220 e. The molecule has 1 aromatic carbocycles. The third-order valence-corrected chi connectivity index (χ3v) is 6.90. The molecule has 0 saturated carbocycles. The van der Waals surface area contributed by atoms with E-state index in [1.165, 1.54) is 28.6 Å². The zero-order valence-electron chi connectivity index (χ0n) is 16.8. The lowest BCUT2D eigenvalue weighted by atomic mass is 9.66. The lowest BCUT2D eigenvalue weighted by Crippen LogP contribution is -2.50. The summed E-state index contributed by atoms with van der Waals surface area (Å²) >= 11 is 0. The van der Waals surface area contributed by atoms with Crippen LogP contribution in [0.1, 0.15) is 69.7 Å². The highest BCUT2D eigenvalue weighted by molar-refractivity contribution is 5.85. The number of para-hydroxylation sites is 1. The number of carbonyl (C=O) groups excluding carboxylic acids is 1. The number of piperidine rings is 1. The number of rotatable bonds is 6. The van der Waals surface area contributed by atoms with Crippen molar-refractivity contribution in [2.24, 2.45) is 5.41 Å². The molecule has 2 N–H and O–H groups in total. The van der Waals surface area contributed by atoms with E-state index in [1.807, 2.05) is 0 Å². The van der Waals surface area contributed by atoms with Crippen LogP contribution in [0.4, 0.5) is 0 Å². The van der Waals surface area contributed by atoms with Crippen LogP contribution in [0, 0.1) is 5.41 Å². The monoisotopic (exact) mass is 367 g/mol. The number of nitrogens with zero attached hydrogens (tertiary/aromatic N) is 1. The Morgan fingerprint density at radius 1 is 1.30 bits per heavy atom. The van der Waals surface area contributed by atoms with E-state index in [9.17, 15) is 4.79 Å². The molecule has 27 heavy (non-hydrogen) atoms. The molecule has 3 heterocycles. The van der Waals surface area contributed by atoms with Gasteiger partial charge in [-0.05, 0) is 50.3 Å². The van der Waals surface area contributed by atoms with E-state index in [0.717, 1.165) is 51.7 Å². The summed E-state index contributed by atoms with van der Waals surface area (Å²) in [4.78, 5) is 19.2. The van der Waals surface area contributed by atoms with E-state index in [1.54, 1.807) is 0 Å². The highest BCUT2D eigenvalue weighted by atomic mass is 16.1. The molecule has 2 aromatic rings. The predicted molar refractivity (Wildman–Crippen MR) is 111 cm³/mol. The molecule has 2 atom stereocenters. The summed E-state index contributed by atoms with van der Waals surface area (Å²) in [7, 11) is 0. The Balaban J connectivity index is 1.68. The van der Waals surface area contributed by atoms with Gasteiger partial charge >= 0.3 is 0 Å². The number of amides is 1. The summed E-state index contributed by atoms with van der Waals surface area (Å²) in [6.45, 7) is 7.51. The SMILES string of the molecule is CCCCNC(=O)C[C@]1(CC)CCCN2CCc3c([nH]c4ccccc34)C21. The van der Waals surface area contributed by atoms with Crippen molar-refractivity contribution < 1.29 is 4.79 Å². The molecule has 1 unspecified atom stereocenters. The van der Waals surface area contributed by atoms with Crippen molar-refractivity contribution in [3.05, 3.63) is 35.5 Å². The van der Waals surface area contributed by atoms with Crippen molar-refractivity contribution >= 4 is 16.8 Å². The van der Waals surface area contributed by atoms with E-state index < -0.39 is 0 Å². The van der Waals surface area contributed by atoms with E-state index in [4.69, 9.17) is 0 Å². The molecule has 0 bridgehead atoms. The van der Waals surface area contributed by atoms with Crippen LogP contribution in [0.5, 0.6) is 0 Å². The molecule has 146 valence electrons. The molecule has 4 rings (SSSR count). The number of benzene rings is 1. The average Bonchev–Trinajstić information content (AvgIpc) is 3.07. The fourth-order valence-corrected chi connectivity index (χ4v) is 5.46. The number of unbranched alkanes of at least 4 members (excludes halogenated alkanes) is 1. The normalized spacial score (nSPS) is 25.2. The molecule has 0 radical (unpaired) electrons. The molecule has 1 aromatic heterocycles. The van der Waals surface area contributed by atoms with Crippen LogP contribution in [-0.4, -0.2) is 35.4 Å². The van der Waals surface area contributed by atoms with Gasteiger partial charge < -0.3 is 10.3 Å². The minimum Gasteiger partial charge on any atom is -0.357 e. The van der Waals surface area contributed by atoms with Gasteiger partial charge in [0.1, 0.15) is 0 Å². The molecular weight excluding hydrogens is 334 g/mol. The van der Waals surface area contributed by atoms with Gasteiger partial charge in [-0.25, -0.2) is 0 Å². The van der Waals surface area contributed by atoms with Gasteiger partial charge in [-0.1, -0.05) is 38.5 Å². The van der Waals surface area contributed by atoms with Crippen molar-refractivity contribution in [3.8, 4) is 0 Å². The largest absolute Gasteiger partial charge is 0.357 e. The van der Waals surface area contributed by atoms with Gasteiger partial charge in [0.05, 0.1) is 6.04 Å². The molecule has 1 fully saturated rings. The summed E-state index contributed by atoms with van der Waals surface area (Å²) in [6.07, 6.45) is 7.31. The highest BCUT2D eigenvalue weighted by Crippen LogP contribution is 2.53. The van der Waals surface area contributed by atoms with Crippen LogP contribution >= 0.6 is 0 Å². The van der Waals surface area contributed by atoms with Crippen molar-refractivity contribution in [1.29, 1.82) is 0 Å². The number of hydrogen-bond donors (Lipinski definition) is 2. The zero-order valence-corrected chi connectivity index (χ0v) is 16.8. The fourth-order valence-electron chi connectivity index (χ4n) is 5.46. The number of H-pyrrole nitrogens is 1. The quantitative estimate of drug-likeness (QED) is 0.735. The minimum atomic E-state index is 0.0323. The first-order valence-corrected chi connectivity index (χ1v) is 10.8. The van der Waals surface area contributed by atoms with Gasteiger partial charge in [0.15, 0.2) is 0 Å². The number of fused-ring (bicyclic) bond motifs is 5. The van der Waals surface area contributed by atoms with Crippen molar-refractivity contribution in [2.45, 2.75) is 64.8 Å². The number of carbonyl (C=O) groups is 1. The van der Waals surface area contributed by atoms with Gasteiger partial charge in [-0.2, -0.15) is 0 Å². The topological polar surface area (TPSA) is 48.1 Å². The summed E-state index contributed by atoms with van der Waals surface area (Å²) in [5, 5.41) is 4.54. The summed E-state index contributed by atoms with van der Waals surface area (Å²) in [5.41, 5.74) is 4.14. The van der Waals surface area contributed by atoms with E-state index >= 15 is 0 Å². The van der Waals surface area contributed by atoms with Gasteiger partial charge in [0.2, 0.25) is 5.91 Å². The second-order valence-corrected chi connectivity index (χ2v) is 8.45. The zero-order chi connectivity index (χ0) is 18.9. The van der Waals surface area contributed by atoms with E-state index in [0.29, 0.717) is 12.5 Å². The lowest BCUT2D eigenvalue weighted by molar-refractivity contribution is -0.126. The maximum atomic E-state index is 12.8. The lowest BCUT2D eigenvalue weighted by Gasteiger charge is -2.51. The number of aromatic amines is 1. The standard InChI is InChI=1S/C23H33N3O/c1-3-5-13-24-20(27)16-23(4-2)12-8-14-26-15-11-18-17-9-6-7-10-19(17)25-21(18)22(23)26/h6-7,9-10,22,25H,3-5,8,11-16H2,1-2H3,(H,24,27)/t22?,23-/m0/s1. The molecule has 1 amide bonds. The third-order valence-electron chi connectivity index (χ3n) is 6.90. The molecule has 4 nitrogen and oxygen atoms in total. The van der Waals surface area contributed by atoms with E-state index in [-0.39, 0.29) is 11.3 Å². The third kappa shape index (κ3) is 3.29. The molecule has 2 aliphatic rings. The van der Waals surface area contributed by atoms with Crippen LogP contribution in [-0.2, 0) is 11.2 Å². The average molecular weight is 368 g/mol. The highest BCUT2D eigenvalue weighted by Gasteiger charge is 2.48. The van der Waals surface area contributed by atoms with Gasteiger partial charge in [-0.15, -0.1) is 0 Å². The van der Waals surface area contributed by atoms with Crippen LogP contribution in [0.3, 0.4) is 0 Å². The Kier molecular flexibility index (Phi) is 5.27. The Labute approximate surface area is 162 Å². The first kappa shape index (κ1) is 18.5. The Morgan fingerprint density at radius 2 is 2.15 bits per heavy atom. The molecule has 0 spiro atoms. The number of nitrogens with one attached hydrogen (secondary N) is 2. The van der Waals surface area contributed by atoms with Crippen molar-refractivity contribution in [3.63, 3.8) is 0 Å². The second kappa shape index (κ2) is 7.67. The van der Waals surface area contributed by atoms with Gasteiger partial charge in [0, 0.05) is 41.5 Å². The number of hydrogen-bond acceptors (Lipinski definition) is 2. The van der Waals surface area contributed by atoms with Crippen molar-refractivity contribution in [1.82, 2.24) is 15.2 Å². The van der Waals surface area contributed by atoms with Crippen molar-refractivity contribution in [2.75, 3.05) is 19.6 Å². The summed E-state index contributed by atoms with van der Waals surface area (Å²) in [5.74, 6) is 0.232. The summed E-state index contributed by atoms with van der Waals surface area (Å²) in [6, 6.07) is 9.01. The van der Waals surface area contributed by atoms with Crippen LogP contribution in [0.2, 0.25) is 0 Å². The number of aromatic nitrogens is 1. The Hall–Kier alpha value is -1.81. The van der Waals surface area contributed by atoms with Crippen LogP contribution < -0.4 is 5.32 Å². The first-order chi connectivity index (χ1) is 13.2. The van der Waals surface area contributed by atoms with Gasteiger partial charge in [-0.3, -0.25) is 9.69 Å². The first-order valence-electron chi connectivity index (χ1n) is 10.8. The minimum absolute atomic E-state index is 0.0323. The molecular formula is C23H33N3O. The molecule has 1 saturated heterocycles. The maximum absolute atomic E-state index is 12.8. The molecule has 4 heteroatoms. The van der Waals surface area contributed by atoms with Crippen LogP contribution in [0.25, 0.3) is 10.9 Å². The summed E-state index contributed by atoms with van der Waals surface area (Å²) < 4.78 is 0. The molecule has 2 aliphatic heterocycles. The predicted octanol–water partition coefficient (Wildman–Crippen LogP) is 4.56. The Bertz CT molecular complexity index is 811. The van der Waals surface area contributed by atoms with Crippen LogP contribution in [0.15, 0.2) is 24.3 Å². The van der Waals surface area contributed by atoms with Gasteiger partial charge in [0.25, 0.3) is 0 Å². The second-order valence-electron chi connectivity index (χ2n) is 8.45. The maximum Gasteiger partial charge on any atom is 0.220 e. The Morgan fingerprint density at radius 3 is 2.96 bits per heavy atom. The van der Waals surface area contributed by atoms with E-state index in [2.05, 4.69) is 53.3 Å².